The number of rotatable bonds is 6. The van der Waals surface area contributed by atoms with Crippen molar-refractivity contribution in [1.29, 1.82) is 0 Å². The molecule has 6 N–H and O–H groups in total. The van der Waals surface area contributed by atoms with E-state index in [2.05, 4.69) is 26.3 Å². The Labute approximate surface area is 277 Å². The lowest BCUT2D eigenvalue weighted by molar-refractivity contribution is -0.142. The average molecular weight is 651 g/mol. The van der Waals surface area contributed by atoms with Crippen LogP contribution >= 0.6 is 0 Å². The zero-order valence-corrected chi connectivity index (χ0v) is 26.3. The average Bonchev–Trinajstić information content (AvgIpc) is 3.75. The first-order valence-corrected chi connectivity index (χ1v) is 16.1. The zero-order valence-electron chi connectivity index (χ0n) is 26.3. The number of amides is 5. The number of hydrogen-bond acceptors (Lipinski definition) is 6. The van der Waals surface area contributed by atoms with E-state index in [0.29, 0.717) is 24.9 Å². The van der Waals surface area contributed by atoms with E-state index < -0.39 is 60.2 Å². The summed E-state index contributed by atoms with van der Waals surface area (Å²) in [6, 6.07) is 19.1. The van der Waals surface area contributed by atoms with Gasteiger partial charge in [-0.2, -0.15) is 0 Å². The molecule has 0 aliphatic carbocycles. The third kappa shape index (κ3) is 7.49. The van der Waals surface area contributed by atoms with Crippen LogP contribution in [-0.4, -0.2) is 81.8 Å². The summed E-state index contributed by atoms with van der Waals surface area (Å²) < 4.78 is 0. The van der Waals surface area contributed by atoms with Crippen LogP contribution in [0.3, 0.4) is 0 Å². The molecule has 3 aromatic carbocycles. The minimum Gasteiger partial charge on any atom is -0.508 e. The monoisotopic (exact) mass is 650 g/mol. The normalized spacial score (nSPS) is 22.6. The largest absolute Gasteiger partial charge is 0.508 e. The van der Waals surface area contributed by atoms with Crippen molar-refractivity contribution in [3.63, 3.8) is 0 Å². The van der Waals surface area contributed by atoms with Gasteiger partial charge >= 0.3 is 0 Å². The fourth-order valence-corrected chi connectivity index (χ4v) is 6.44. The Kier molecular flexibility index (Phi) is 9.70. The summed E-state index contributed by atoms with van der Waals surface area (Å²) >= 11 is 0. The molecule has 6 rings (SSSR count). The number of carbonyl (C=O) groups is 5. The first-order valence-electron chi connectivity index (χ1n) is 16.1. The second kappa shape index (κ2) is 14.4. The Morgan fingerprint density at radius 3 is 2.15 bits per heavy atom. The van der Waals surface area contributed by atoms with Gasteiger partial charge in [-0.25, -0.2) is 0 Å². The maximum atomic E-state index is 14.0. The van der Waals surface area contributed by atoms with Crippen molar-refractivity contribution in [2.45, 2.75) is 56.3 Å². The number of nitrogens with zero attached hydrogens (tertiary/aromatic N) is 1. The van der Waals surface area contributed by atoms with Gasteiger partial charge < -0.3 is 36.3 Å². The molecule has 48 heavy (non-hydrogen) atoms. The zero-order chi connectivity index (χ0) is 33.6. The Morgan fingerprint density at radius 2 is 1.35 bits per heavy atom. The van der Waals surface area contributed by atoms with Gasteiger partial charge in [-0.15, -0.1) is 0 Å². The van der Waals surface area contributed by atoms with E-state index in [1.165, 1.54) is 17.0 Å². The lowest BCUT2D eigenvalue weighted by atomic mass is 10.0. The van der Waals surface area contributed by atoms with Crippen molar-refractivity contribution in [2.24, 2.45) is 0 Å². The van der Waals surface area contributed by atoms with Gasteiger partial charge in [0.15, 0.2) is 0 Å². The fourth-order valence-electron chi connectivity index (χ4n) is 6.44. The minimum absolute atomic E-state index is 0.0607. The highest BCUT2D eigenvalue weighted by molar-refractivity contribution is 5.98. The van der Waals surface area contributed by atoms with E-state index in [0.717, 1.165) is 22.0 Å². The van der Waals surface area contributed by atoms with Crippen molar-refractivity contribution in [2.75, 3.05) is 13.1 Å². The summed E-state index contributed by atoms with van der Waals surface area (Å²) in [5, 5.41) is 21.7. The van der Waals surface area contributed by atoms with Crippen LogP contribution in [-0.2, 0) is 43.2 Å². The maximum Gasteiger partial charge on any atom is 0.246 e. The predicted molar refractivity (Wildman–Crippen MR) is 177 cm³/mol. The number of H-pyrrole nitrogens is 1. The number of aromatic amines is 1. The number of hydrogen-bond donors (Lipinski definition) is 6. The number of aromatic nitrogens is 1. The van der Waals surface area contributed by atoms with Crippen molar-refractivity contribution in [1.82, 2.24) is 31.2 Å². The molecule has 2 aliphatic heterocycles. The smallest absolute Gasteiger partial charge is 0.246 e. The Morgan fingerprint density at radius 1 is 0.688 bits per heavy atom. The molecular weight excluding hydrogens is 612 g/mol. The van der Waals surface area contributed by atoms with Crippen LogP contribution in [0.1, 0.15) is 29.5 Å². The first-order chi connectivity index (χ1) is 23.2. The summed E-state index contributed by atoms with van der Waals surface area (Å²) in [6.07, 6.45) is 3.12. The molecule has 2 saturated heterocycles. The molecular formula is C36H38N6O6. The Hall–Kier alpha value is -5.65. The van der Waals surface area contributed by atoms with Crippen molar-refractivity contribution in [3.05, 3.63) is 102 Å². The SMILES string of the molecule is O=C1CNC(=O)[C@@H](Cc2ccccc2)NC(=O)[C@H](Cc2c[nH]c3ccccc23)NC(=O)[C@@H]2CCCN2C(=O)[C@H](Cc2ccc(O)cc2)N1. The molecule has 248 valence electrons. The second-order valence-corrected chi connectivity index (χ2v) is 12.3. The lowest BCUT2D eigenvalue weighted by Crippen LogP contribution is -2.58. The van der Waals surface area contributed by atoms with Crippen LogP contribution in [0, 0.1) is 0 Å². The summed E-state index contributed by atoms with van der Waals surface area (Å²) in [4.78, 5) is 73.3. The van der Waals surface area contributed by atoms with E-state index in [4.69, 9.17) is 0 Å². The van der Waals surface area contributed by atoms with Crippen molar-refractivity contribution in [3.8, 4) is 5.75 Å². The number of benzene rings is 3. The Balaban J connectivity index is 1.33. The highest BCUT2D eigenvalue weighted by Gasteiger charge is 2.39. The summed E-state index contributed by atoms with van der Waals surface area (Å²) in [5.74, 6) is -2.63. The third-order valence-corrected chi connectivity index (χ3v) is 8.92. The van der Waals surface area contributed by atoms with Crippen LogP contribution < -0.4 is 21.3 Å². The summed E-state index contributed by atoms with van der Waals surface area (Å²) in [6.45, 7) is -0.132. The van der Waals surface area contributed by atoms with Crippen LogP contribution in [0.15, 0.2) is 85.1 Å². The standard InChI is InChI=1S/C36H38N6O6/c43-25-14-12-23(13-15-25)18-30-36(48)42-16-6-11-31(42)35(47)41-29(19-24-20-37-27-10-5-4-9-26(24)27)34(46)40-28(17-22-7-2-1-3-8-22)33(45)38-21-32(44)39-30/h1-5,7-10,12-15,20,28-31,37,43H,6,11,16-19,21H2,(H,38,45)(H,39,44)(H,40,46)(H,41,47)/t28-,29+,30+,31+/m1/s1. The molecule has 0 radical (unpaired) electrons. The Bertz CT molecular complexity index is 1810. The van der Waals surface area contributed by atoms with Gasteiger partial charge in [-0.05, 0) is 47.7 Å². The van der Waals surface area contributed by atoms with Crippen LogP contribution in [0.25, 0.3) is 10.9 Å². The minimum atomic E-state index is -1.07. The lowest BCUT2D eigenvalue weighted by Gasteiger charge is -2.30. The molecule has 3 heterocycles. The van der Waals surface area contributed by atoms with Crippen LogP contribution in [0.5, 0.6) is 5.75 Å². The highest BCUT2D eigenvalue weighted by atomic mass is 16.3. The molecule has 0 bridgehead atoms. The second-order valence-electron chi connectivity index (χ2n) is 12.3. The number of aromatic hydroxyl groups is 1. The van der Waals surface area contributed by atoms with Crippen molar-refractivity contribution >= 4 is 40.4 Å². The number of phenolic OH excluding ortho intramolecular Hbond substituents is 1. The number of carbonyl (C=O) groups excluding carboxylic acids is 5. The van der Waals surface area contributed by atoms with Gasteiger partial charge in [-0.1, -0.05) is 60.7 Å². The maximum absolute atomic E-state index is 14.0. The number of para-hydroxylation sites is 1. The highest BCUT2D eigenvalue weighted by Crippen LogP contribution is 2.23. The van der Waals surface area contributed by atoms with E-state index in [1.807, 2.05) is 54.6 Å². The summed E-state index contributed by atoms with van der Waals surface area (Å²) in [7, 11) is 0. The van der Waals surface area contributed by atoms with Crippen LogP contribution in [0.4, 0.5) is 0 Å². The molecule has 1 aromatic heterocycles. The van der Waals surface area contributed by atoms with Gasteiger partial charge in [0.2, 0.25) is 29.5 Å². The van der Waals surface area contributed by atoms with E-state index >= 15 is 0 Å². The van der Waals surface area contributed by atoms with Gasteiger partial charge in [-0.3, -0.25) is 24.0 Å². The molecule has 5 amide bonds. The molecule has 12 heteroatoms. The molecule has 4 aromatic rings. The van der Waals surface area contributed by atoms with Crippen molar-refractivity contribution < 1.29 is 29.1 Å². The molecule has 4 atom stereocenters. The fraction of sp³-hybridized carbons (Fsp3) is 0.306. The number of fused-ring (bicyclic) bond motifs is 2. The van der Waals surface area contributed by atoms with Gasteiger partial charge in [0, 0.05) is 42.9 Å². The predicted octanol–water partition coefficient (Wildman–Crippen LogP) is 1.48. The van der Waals surface area contributed by atoms with E-state index in [9.17, 15) is 29.1 Å². The van der Waals surface area contributed by atoms with E-state index in [1.54, 1.807) is 18.3 Å². The third-order valence-electron chi connectivity index (χ3n) is 8.92. The molecule has 0 unspecified atom stereocenters. The first kappa shape index (κ1) is 32.3. The molecule has 0 saturated carbocycles. The molecule has 0 spiro atoms. The topological polar surface area (TPSA) is 173 Å². The molecule has 2 fully saturated rings. The number of nitrogens with one attached hydrogen (secondary N) is 5. The van der Waals surface area contributed by atoms with E-state index in [-0.39, 0.29) is 25.0 Å². The molecule has 12 nitrogen and oxygen atoms in total. The summed E-state index contributed by atoms with van der Waals surface area (Å²) in [5.41, 5.74) is 3.15. The molecule has 2 aliphatic rings. The number of phenols is 1. The van der Waals surface area contributed by atoms with Crippen LogP contribution in [0.2, 0.25) is 0 Å². The van der Waals surface area contributed by atoms with Gasteiger partial charge in [0.1, 0.15) is 29.9 Å². The quantitative estimate of drug-likeness (QED) is 0.185. The van der Waals surface area contributed by atoms with Gasteiger partial charge in [0.05, 0.1) is 6.54 Å². The van der Waals surface area contributed by atoms with Gasteiger partial charge in [0.25, 0.3) is 0 Å².